The summed E-state index contributed by atoms with van der Waals surface area (Å²) in [5, 5.41) is 3.92. The van der Waals surface area contributed by atoms with Crippen LogP contribution in [0.4, 0.5) is 0 Å². The van der Waals surface area contributed by atoms with Gasteiger partial charge in [0.15, 0.2) is 0 Å². The van der Waals surface area contributed by atoms with Crippen molar-refractivity contribution < 1.29 is 4.79 Å². The van der Waals surface area contributed by atoms with E-state index in [2.05, 4.69) is 12.2 Å². The second-order valence-electron chi connectivity index (χ2n) is 5.31. The summed E-state index contributed by atoms with van der Waals surface area (Å²) in [5.41, 5.74) is -0.254. The Kier molecular flexibility index (Phi) is 4.50. The van der Waals surface area contributed by atoms with E-state index in [0.717, 1.165) is 18.1 Å². The summed E-state index contributed by atoms with van der Waals surface area (Å²) in [7, 11) is 0. The topological polar surface area (TPSA) is 29.1 Å². The van der Waals surface area contributed by atoms with E-state index >= 15 is 0 Å². The average molecular weight is 229 g/mol. The van der Waals surface area contributed by atoms with Crippen molar-refractivity contribution in [1.29, 1.82) is 0 Å². The zero-order valence-corrected chi connectivity index (χ0v) is 11.1. The fourth-order valence-electron chi connectivity index (χ4n) is 1.86. The summed E-state index contributed by atoms with van der Waals surface area (Å²) < 4.78 is 0. The van der Waals surface area contributed by atoms with Gasteiger partial charge in [-0.2, -0.15) is 11.8 Å². The third-order valence-corrected chi connectivity index (χ3v) is 4.04. The van der Waals surface area contributed by atoms with Crippen LogP contribution in [0.25, 0.3) is 0 Å². The van der Waals surface area contributed by atoms with Crippen LogP contribution in [-0.4, -0.2) is 23.0 Å². The highest BCUT2D eigenvalue weighted by molar-refractivity contribution is 7.99. The molecule has 1 aliphatic carbocycles. The predicted molar refractivity (Wildman–Crippen MR) is 67.2 cm³/mol. The molecule has 2 unspecified atom stereocenters. The third kappa shape index (κ3) is 4.06. The average Bonchev–Trinajstić information content (AvgIpc) is 2.51. The zero-order chi connectivity index (χ0) is 11.5. The van der Waals surface area contributed by atoms with E-state index in [-0.39, 0.29) is 11.3 Å². The summed E-state index contributed by atoms with van der Waals surface area (Å²) in [6.07, 6.45) is 3.56. The second kappa shape index (κ2) is 5.24. The summed E-state index contributed by atoms with van der Waals surface area (Å²) in [6.45, 7) is 8.10. The van der Waals surface area contributed by atoms with Crippen molar-refractivity contribution in [1.82, 2.24) is 5.32 Å². The molecule has 1 amide bonds. The molecular formula is C12H23NOS. The third-order valence-electron chi connectivity index (χ3n) is 2.80. The van der Waals surface area contributed by atoms with Gasteiger partial charge in [0.05, 0.1) is 0 Å². The number of carbonyl (C=O) groups excluding carboxylic acids is 1. The molecule has 88 valence electrons. The van der Waals surface area contributed by atoms with E-state index in [4.69, 9.17) is 0 Å². The number of nitrogens with one attached hydrogen (secondary N) is 1. The monoisotopic (exact) mass is 229 g/mol. The van der Waals surface area contributed by atoms with Gasteiger partial charge in [-0.05, 0) is 25.0 Å². The SMILES string of the molecule is CCSC1CCC(NC(=O)C(C)(C)C)C1. The van der Waals surface area contributed by atoms with Gasteiger partial charge in [-0.3, -0.25) is 4.79 Å². The van der Waals surface area contributed by atoms with Crippen LogP contribution in [0.2, 0.25) is 0 Å². The Balaban J connectivity index is 2.33. The van der Waals surface area contributed by atoms with Gasteiger partial charge in [-0.15, -0.1) is 0 Å². The first kappa shape index (κ1) is 12.9. The van der Waals surface area contributed by atoms with Crippen LogP contribution in [0, 0.1) is 5.41 Å². The van der Waals surface area contributed by atoms with E-state index in [1.165, 1.54) is 12.2 Å². The van der Waals surface area contributed by atoms with Gasteiger partial charge in [0.1, 0.15) is 0 Å². The molecule has 2 nitrogen and oxygen atoms in total. The van der Waals surface area contributed by atoms with E-state index in [1.54, 1.807) is 0 Å². The molecule has 0 radical (unpaired) electrons. The fourth-order valence-corrected chi connectivity index (χ4v) is 3.00. The van der Waals surface area contributed by atoms with Crippen molar-refractivity contribution in [3.05, 3.63) is 0 Å². The van der Waals surface area contributed by atoms with Crippen LogP contribution in [0.5, 0.6) is 0 Å². The lowest BCUT2D eigenvalue weighted by atomic mass is 9.95. The molecule has 1 rings (SSSR count). The number of amides is 1. The van der Waals surface area contributed by atoms with Gasteiger partial charge in [0.2, 0.25) is 5.91 Å². The maximum absolute atomic E-state index is 11.8. The van der Waals surface area contributed by atoms with Crippen molar-refractivity contribution in [2.24, 2.45) is 5.41 Å². The minimum Gasteiger partial charge on any atom is -0.353 e. The van der Waals surface area contributed by atoms with Gasteiger partial charge in [-0.1, -0.05) is 27.7 Å². The highest BCUT2D eigenvalue weighted by Crippen LogP contribution is 2.30. The molecule has 0 aromatic carbocycles. The molecule has 0 spiro atoms. The normalized spacial score (nSPS) is 26.7. The van der Waals surface area contributed by atoms with Crippen LogP contribution in [-0.2, 0) is 4.79 Å². The quantitative estimate of drug-likeness (QED) is 0.806. The minimum absolute atomic E-state index is 0.189. The Morgan fingerprint density at radius 1 is 1.40 bits per heavy atom. The van der Waals surface area contributed by atoms with Gasteiger partial charge in [0, 0.05) is 16.7 Å². The number of hydrogen-bond donors (Lipinski definition) is 1. The highest BCUT2D eigenvalue weighted by atomic mass is 32.2. The molecule has 0 bridgehead atoms. The summed E-state index contributed by atoms with van der Waals surface area (Å²) >= 11 is 2.03. The number of rotatable bonds is 3. The molecule has 15 heavy (non-hydrogen) atoms. The molecular weight excluding hydrogens is 206 g/mol. The first-order chi connectivity index (χ1) is 6.93. The Morgan fingerprint density at radius 2 is 2.07 bits per heavy atom. The van der Waals surface area contributed by atoms with E-state index < -0.39 is 0 Å². The van der Waals surface area contributed by atoms with Gasteiger partial charge < -0.3 is 5.32 Å². The molecule has 0 heterocycles. The first-order valence-electron chi connectivity index (χ1n) is 5.86. The standard InChI is InChI=1S/C12H23NOS/c1-5-15-10-7-6-9(8-10)13-11(14)12(2,3)4/h9-10H,5-8H2,1-4H3,(H,13,14). The minimum atomic E-state index is -0.254. The molecule has 1 N–H and O–H groups in total. The maximum atomic E-state index is 11.8. The molecule has 3 heteroatoms. The Bertz CT molecular complexity index is 222. The van der Waals surface area contributed by atoms with Crippen LogP contribution >= 0.6 is 11.8 Å². The van der Waals surface area contributed by atoms with Crippen molar-refractivity contribution in [3.63, 3.8) is 0 Å². The zero-order valence-electron chi connectivity index (χ0n) is 10.3. The van der Waals surface area contributed by atoms with Crippen LogP contribution < -0.4 is 5.32 Å². The number of hydrogen-bond acceptors (Lipinski definition) is 2. The predicted octanol–water partition coefficient (Wildman–Crippen LogP) is 2.82. The summed E-state index contributed by atoms with van der Waals surface area (Å²) in [4.78, 5) is 11.8. The first-order valence-corrected chi connectivity index (χ1v) is 6.91. The smallest absolute Gasteiger partial charge is 0.225 e. The Morgan fingerprint density at radius 3 is 2.60 bits per heavy atom. The lowest BCUT2D eigenvalue weighted by Crippen LogP contribution is -2.40. The van der Waals surface area contributed by atoms with Gasteiger partial charge >= 0.3 is 0 Å². The summed E-state index contributed by atoms with van der Waals surface area (Å²) in [6, 6.07) is 0.417. The van der Waals surface area contributed by atoms with Crippen molar-refractivity contribution >= 4 is 17.7 Å². The Labute approximate surface area is 97.6 Å². The molecule has 0 aromatic rings. The lowest BCUT2D eigenvalue weighted by Gasteiger charge is -2.21. The summed E-state index contributed by atoms with van der Waals surface area (Å²) in [5.74, 6) is 1.37. The molecule has 0 aliphatic heterocycles. The molecule has 1 aliphatic rings. The van der Waals surface area contributed by atoms with Crippen molar-refractivity contribution in [2.75, 3.05) is 5.75 Å². The molecule has 1 saturated carbocycles. The largest absolute Gasteiger partial charge is 0.353 e. The molecule has 2 atom stereocenters. The van der Waals surface area contributed by atoms with Crippen molar-refractivity contribution in [3.8, 4) is 0 Å². The number of carbonyl (C=O) groups is 1. The van der Waals surface area contributed by atoms with Crippen LogP contribution in [0.3, 0.4) is 0 Å². The highest BCUT2D eigenvalue weighted by Gasteiger charge is 2.29. The molecule has 1 fully saturated rings. The van der Waals surface area contributed by atoms with Crippen LogP contribution in [0.15, 0.2) is 0 Å². The van der Waals surface area contributed by atoms with Crippen LogP contribution in [0.1, 0.15) is 47.0 Å². The van der Waals surface area contributed by atoms with Gasteiger partial charge in [0.25, 0.3) is 0 Å². The molecule has 0 saturated heterocycles. The van der Waals surface area contributed by atoms with E-state index in [0.29, 0.717) is 6.04 Å². The second-order valence-corrected chi connectivity index (χ2v) is 6.89. The molecule has 0 aromatic heterocycles. The van der Waals surface area contributed by atoms with Gasteiger partial charge in [-0.25, -0.2) is 0 Å². The number of thioether (sulfide) groups is 1. The lowest BCUT2D eigenvalue weighted by molar-refractivity contribution is -0.129. The van der Waals surface area contributed by atoms with E-state index in [9.17, 15) is 4.79 Å². The Hall–Kier alpha value is -0.180. The fraction of sp³-hybridized carbons (Fsp3) is 0.917. The maximum Gasteiger partial charge on any atom is 0.225 e. The van der Waals surface area contributed by atoms with E-state index in [1.807, 2.05) is 32.5 Å². The van der Waals surface area contributed by atoms with Crippen molar-refractivity contribution in [2.45, 2.75) is 58.2 Å².